The summed E-state index contributed by atoms with van der Waals surface area (Å²) in [7, 11) is 1.73. The van der Waals surface area contributed by atoms with E-state index in [0.29, 0.717) is 29.8 Å². The molecule has 0 bridgehead atoms. The average Bonchev–Trinajstić information content (AvgIpc) is 3.03. The number of aliphatic imine (C=N–C) groups is 1. The third kappa shape index (κ3) is 5.10. The third-order valence-electron chi connectivity index (χ3n) is 7.66. The van der Waals surface area contributed by atoms with Crippen LogP contribution in [0.5, 0.6) is 0 Å². The highest BCUT2D eigenvalue weighted by atomic mass is 16.2. The van der Waals surface area contributed by atoms with Crippen molar-refractivity contribution in [3.8, 4) is 0 Å². The van der Waals surface area contributed by atoms with Gasteiger partial charge in [-0.1, -0.05) is 44.9 Å². The second-order valence-corrected chi connectivity index (χ2v) is 9.95. The molecule has 2 aliphatic carbocycles. The van der Waals surface area contributed by atoms with Crippen molar-refractivity contribution in [1.29, 1.82) is 0 Å². The molecule has 2 fully saturated rings. The van der Waals surface area contributed by atoms with Gasteiger partial charge in [0.25, 0.3) is 11.8 Å². The summed E-state index contributed by atoms with van der Waals surface area (Å²) < 4.78 is 0. The average molecular weight is 441 g/mol. The summed E-state index contributed by atoms with van der Waals surface area (Å²) >= 11 is 0. The van der Waals surface area contributed by atoms with Crippen LogP contribution < -0.4 is 11.1 Å². The molecule has 1 aromatic rings. The first-order valence-corrected chi connectivity index (χ1v) is 12.2. The molecule has 8 nitrogen and oxygen atoms in total. The molecule has 1 aromatic heterocycles. The van der Waals surface area contributed by atoms with E-state index < -0.39 is 5.54 Å². The highest BCUT2D eigenvalue weighted by Crippen LogP contribution is 2.40. The molecule has 3 aliphatic rings. The second-order valence-electron chi connectivity index (χ2n) is 9.95. The number of nitrogens with zero attached hydrogens (tertiary/aromatic N) is 4. The molecule has 8 heteroatoms. The Bertz CT molecular complexity index is 838. The van der Waals surface area contributed by atoms with Crippen LogP contribution in [0.15, 0.2) is 23.5 Å². The van der Waals surface area contributed by atoms with Crippen molar-refractivity contribution in [2.45, 2.75) is 88.6 Å². The highest BCUT2D eigenvalue weighted by molar-refractivity contribution is 6.06. The number of hydrogen-bond acceptors (Lipinski definition) is 6. The Balaban J connectivity index is 1.41. The maximum absolute atomic E-state index is 13.3. The van der Waals surface area contributed by atoms with E-state index in [1.54, 1.807) is 13.1 Å². The summed E-state index contributed by atoms with van der Waals surface area (Å²) in [5, 5.41) is 10.7. The van der Waals surface area contributed by atoms with Crippen LogP contribution >= 0.6 is 0 Å². The number of guanidine groups is 1. The summed E-state index contributed by atoms with van der Waals surface area (Å²) in [6, 6.07) is 1.77. The number of nitrogens with two attached hydrogens (primary N) is 1. The minimum Gasteiger partial charge on any atom is -0.369 e. The van der Waals surface area contributed by atoms with Gasteiger partial charge in [0.05, 0.1) is 18.0 Å². The molecule has 0 aromatic carbocycles. The zero-order valence-corrected chi connectivity index (χ0v) is 19.1. The van der Waals surface area contributed by atoms with Gasteiger partial charge in [-0.05, 0) is 50.0 Å². The molecular formula is C24H36N6O2. The lowest BCUT2D eigenvalue weighted by atomic mass is 9.74. The van der Waals surface area contributed by atoms with Gasteiger partial charge in [0.2, 0.25) is 0 Å². The quantitative estimate of drug-likeness (QED) is 0.676. The summed E-state index contributed by atoms with van der Waals surface area (Å²) in [6.07, 6.45) is 15.9. The topological polar surface area (TPSA) is 114 Å². The van der Waals surface area contributed by atoms with Crippen LogP contribution in [0.1, 0.15) is 87.4 Å². The molecule has 2 amide bonds. The molecule has 2 saturated carbocycles. The fourth-order valence-electron chi connectivity index (χ4n) is 5.85. The zero-order chi connectivity index (χ0) is 22.6. The van der Waals surface area contributed by atoms with Gasteiger partial charge in [0.1, 0.15) is 5.54 Å². The van der Waals surface area contributed by atoms with E-state index in [-0.39, 0.29) is 17.9 Å². The van der Waals surface area contributed by atoms with E-state index in [9.17, 15) is 9.59 Å². The normalized spacial score (nSPS) is 29.1. The van der Waals surface area contributed by atoms with Crippen LogP contribution in [-0.2, 0) is 4.79 Å². The summed E-state index contributed by atoms with van der Waals surface area (Å²) in [6.45, 7) is 0. The molecule has 3 N–H and O–H groups in total. The van der Waals surface area contributed by atoms with Crippen LogP contribution in [0.3, 0.4) is 0 Å². The van der Waals surface area contributed by atoms with Crippen molar-refractivity contribution in [2.24, 2.45) is 22.6 Å². The maximum atomic E-state index is 13.3. The number of carbonyl (C=O) groups excluding carboxylic acids is 2. The Morgan fingerprint density at radius 2 is 1.94 bits per heavy atom. The van der Waals surface area contributed by atoms with Crippen molar-refractivity contribution in [2.75, 3.05) is 7.05 Å². The fraction of sp³-hybridized carbons (Fsp3) is 0.708. The summed E-state index contributed by atoms with van der Waals surface area (Å²) in [5.74, 6) is 1.30. The van der Waals surface area contributed by atoms with Crippen LogP contribution in [0.4, 0.5) is 0 Å². The molecule has 0 radical (unpaired) electrons. The van der Waals surface area contributed by atoms with Crippen molar-refractivity contribution >= 4 is 17.8 Å². The first-order valence-electron chi connectivity index (χ1n) is 12.2. The number of hydrogen-bond donors (Lipinski definition) is 2. The minimum atomic E-state index is -0.734. The molecule has 32 heavy (non-hydrogen) atoms. The molecule has 174 valence electrons. The fourth-order valence-corrected chi connectivity index (χ4v) is 5.85. The lowest BCUT2D eigenvalue weighted by molar-refractivity contribution is -0.131. The van der Waals surface area contributed by atoms with E-state index in [2.05, 4.69) is 15.5 Å². The Morgan fingerprint density at radius 3 is 2.62 bits per heavy atom. The van der Waals surface area contributed by atoms with E-state index in [4.69, 9.17) is 10.7 Å². The Kier molecular flexibility index (Phi) is 7.06. The van der Waals surface area contributed by atoms with Gasteiger partial charge < -0.3 is 11.1 Å². The van der Waals surface area contributed by atoms with Crippen LogP contribution in [0, 0.1) is 11.8 Å². The van der Waals surface area contributed by atoms with Crippen molar-refractivity contribution in [1.82, 2.24) is 20.4 Å². The van der Waals surface area contributed by atoms with E-state index in [1.807, 2.05) is 0 Å². The van der Waals surface area contributed by atoms with Gasteiger partial charge >= 0.3 is 0 Å². The summed E-state index contributed by atoms with van der Waals surface area (Å²) in [5.41, 5.74) is 5.89. The van der Waals surface area contributed by atoms with Gasteiger partial charge in [0.15, 0.2) is 5.96 Å². The van der Waals surface area contributed by atoms with Gasteiger partial charge in [0, 0.05) is 13.1 Å². The van der Waals surface area contributed by atoms with Gasteiger partial charge in [-0.2, -0.15) is 10.2 Å². The molecule has 2 heterocycles. The molecule has 1 aliphatic heterocycles. The summed E-state index contributed by atoms with van der Waals surface area (Å²) in [4.78, 5) is 32.1. The van der Waals surface area contributed by atoms with Crippen molar-refractivity contribution < 1.29 is 9.59 Å². The third-order valence-corrected chi connectivity index (χ3v) is 7.66. The monoisotopic (exact) mass is 440 g/mol. The predicted octanol–water partition coefficient (Wildman–Crippen LogP) is 3.04. The SMILES string of the molecule is CN1C(=O)C(CCC2CCCCC2)(CC2CCCC(NC(=O)c3ccnnc3)C2)N=C1N. The number of likely N-dealkylation sites (N-methyl/N-ethyl adjacent to an activating group) is 1. The number of amides is 2. The maximum Gasteiger partial charge on any atom is 0.257 e. The van der Waals surface area contributed by atoms with Gasteiger partial charge in [-0.15, -0.1) is 0 Å². The standard InChI is InChI=1S/C24H36N6O2/c1-30-22(32)24(29-23(30)25,12-10-17-6-3-2-4-7-17)15-18-8-5-9-20(14-18)28-21(31)19-11-13-26-27-16-19/h11,13,16-18,20H,2-10,12,14-15H2,1H3,(H2,25,29)(H,28,31). The zero-order valence-electron chi connectivity index (χ0n) is 19.1. The van der Waals surface area contributed by atoms with Gasteiger partial charge in [-0.25, -0.2) is 4.99 Å². The first kappa shape index (κ1) is 22.7. The smallest absolute Gasteiger partial charge is 0.257 e. The van der Waals surface area contributed by atoms with E-state index >= 15 is 0 Å². The number of carbonyl (C=O) groups is 2. The van der Waals surface area contributed by atoms with Crippen molar-refractivity contribution in [3.05, 3.63) is 24.0 Å². The number of nitrogens with one attached hydrogen (secondary N) is 1. The van der Waals surface area contributed by atoms with Crippen molar-refractivity contribution in [3.63, 3.8) is 0 Å². The first-order chi connectivity index (χ1) is 15.5. The van der Waals surface area contributed by atoms with Gasteiger partial charge in [-0.3, -0.25) is 14.5 Å². The van der Waals surface area contributed by atoms with E-state index in [1.165, 1.54) is 49.4 Å². The Labute approximate surface area is 190 Å². The molecule has 3 atom stereocenters. The van der Waals surface area contributed by atoms with Crippen LogP contribution in [0.25, 0.3) is 0 Å². The minimum absolute atomic E-state index is 0.0415. The lowest BCUT2D eigenvalue weighted by Crippen LogP contribution is -2.45. The lowest BCUT2D eigenvalue weighted by Gasteiger charge is -2.35. The molecular weight excluding hydrogens is 404 g/mol. The molecule has 4 rings (SSSR count). The van der Waals surface area contributed by atoms with E-state index in [0.717, 1.165) is 38.5 Å². The number of rotatable bonds is 7. The van der Waals surface area contributed by atoms with Crippen LogP contribution in [0.2, 0.25) is 0 Å². The Hall–Kier alpha value is -2.51. The second kappa shape index (κ2) is 9.96. The largest absolute Gasteiger partial charge is 0.369 e. The molecule has 0 spiro atoms. The number of aromatic nitrogens is 2. The Morgan fingerprint density at radius 1 is 1.16 bits per heavy atom. The highest BCUT2D eigenvalue weighted by Gasteiger charge is 2.48. The molecule has 3 unspecified atom stereocenters. The molecule has 0 saturated heterocycles. The predicted molar refractivity (Wildman–Crippen MR) is 123 cm³/mol. The van der Waals surface area contributed by atoms with Crippen LogP contribution in [-0.4, -0.2) is 51.5 Å².